The van der Waals surface area contributed by atoms with Crippen molar-refractivity contribution in [1.29, 1.82) is 0 Å². The predicted molar refractivity (Wildman–Crippen MR) is 137 cm³/mol. The zero-order valence-corrected chi connectivity index (χ0v) is 22.0. The fraction of sp³-hybridized carbons (Fsp3) is 0.462. The lowest BCUT2D eigenvalue weighted by molar-refractivity contribution is -0.231. The number of nitrogens with zero attached hydrogens (tertiary/aromatic N) is 4. The summed E-state index contributed by atoms with van der Waals surface area (Å²) < 4.78 is 36.1. The number of carbonyl (C=O) groups excluding carboxylic acids is 1. The van der Waals surface area contributed by atoms with Gasteiger partial charge in [-0.2, -0.15) is 4.98 Å². The summed E-state index contributed by atoms with van der Waals surface area (Å²) in [5.41, 5.74) is 1.45. The average Bonchev–Trinajstić information content (AvgIpc) is 3.35. The van der Waals surface area contributed by atoms with E-state index in [4.69, 9.17) is 23.9 Å². The van der Waals surface area contributed by atoms with Crippen molar-refractivity contribution in [3.63, 3.8) is 0 Å². The topological polar surface area (TPSA) is 124 Å². The van der Waals surface area contributed by atoms with Gasteiger partial charge >= 0.3 is 6.01 Å². The number of carbonyl (C=O) groups is 1. The lowest BCUT2D eigenvalue weighted by atomic mass is 9.91. The van der Waals surface area contributed by atoms with E-state index in [1.807, 2.05) is 19.0 Å². The molecule has 1 aliphatic heterocycles. The van der Waals surface area contributed by atoms with Gasteiger partial charge in [-0.25, -0.2) is 14.4 Å². The first-order chi connectivity index (χ1) is 18.3. The number of H-pyrrole nitrogens is 1. The van der Waals surface area contributed by atoms with Crippen LogP contribution >= 0.6 is 0 Å². The van der Waals surface area contributed by atoms with Crippen molar-refractivity contribution >= 4 is 5.91 Å². The van der Waals surface area contributed by atoms with E-state index < -0.39 is 11.7 Å². The Morgan fingerprint density at radius 1 is 1.18 bits per heavy atom. The Hall–Kier alpha value is -3.45. The molecule has 0 saturated carbocycles. The third-order valence-corrected chi connectivity index (χ3v) is 5.97. The van der Waals surface area contributed by atoms with E-state index in [0.717, 1.165) is 6.54 Å². The summed E-state index contributed by atoms with van der Waals surface area (Å²) in [6, 6.07) is 7.88. The highest BCUT2D eigenvalue weighted by Gasteiger charge is 2.40. The van der Waals surface area contributed by atoms with Gasteiger partial charge in [-0.1, -0.05) is 0 Å². The number of amides is 1. The fourth-order valence-electron chi connectivity index (χ4n) is 3.78. The van der Waals surface area contributed by atoms with E-state index in [0.29, 0.717) is 48.2 Å². The van der Waals surface area contributed by atoms with Crippen LogP contribution in [0.2, 0.25) is 0 Å². The average molecular weight is 529 g/mol. The number of imidazole rings is 1. The maximum absolute atomic E-state index is 13.6. The van der Waals surface area contributed by atoms with Crippen molar-refractivity contribution in [1.82, 2.24) is 30.2 Å². The molecule has 1 saturated heterocycles. The SMILES string of the molecule is COCCOc1nccc(-c2[nH]c(C3OCC(C)(C(=O)NCCN(C)C)CO3)nc2-c2ccc(F)cc2)n1. The summed E-state index contributed by atoms with van der Waals surface area (Å²) in [4.78, 5) is 31.3. The molecule has 12 heteroatoms. The van der Waals surface area contributed by atoms with Gasteiger partial charge in [0.2, 0.25) is 12.2 Å². The monoisotopic (exact) mass is 528 g/mol. The van der Waals surface area contributed by atoms with Crippen molar-refractivity contribution < 1.29 is 28.1 Å². The summed E-state index contributed by atoms with van der Waals surface area (Å²) in [5, 5.41) is 2.93. The molecule has 3 aromatic rings. The number of benzene rings is 1. The first kappa shape index (κ1) is 27.6. The highest BCUT2D eigenvalue weighted by atomic mass is 19.1. The van der Waals surface area contributed by atoms with E-state index in [1.165, 1.54) is 12.1 Å². The summed E-state index contributed by atoms with van der Waals surface area (Å²) in [6.45, 7) is 4.06. The predicted octanol–water partition coefficient (Wildman–Crippen LogP) is 2.43. The molecular weight excluding hydrogens is 495 g/mol. The van der Waals surface area contributed by atoms with Crippen molar-refractivity contribution in [2.24, 2.45) is 5.41 Å². The summed E-state index contributed by atoms with van der Waals surface area (Å²) in [7, 11) is 5.47. The third kappa shape index (κ3) is 6.70. The van der Waals surface area contributed by atoms with Crippen molar-refractivity contribution in [2.75, 3.05) is 60.7 Å². The Bertz CT molecular complexity index is 1210. The molecule has 11 nitrogen and oxygen atoms in total. The van der Waals surface area contributed by atoms with Crippen LogP contribution in [0.15, 0.2) is 36.5 Å². The lowest BCUT2D eigenvalue weighted by Crippen LogP contribution is -2.49. The van der Waals surface area contributed by atoms with Gasteiger partial charge in [0.25, 0.3) is 0 Å². The highest BCUT2D eigenvalue weighted by molar-refractivity contribution is 5.82. The van der Waals surface area contributed by atoms with Crippen molar-refractivity contribution in [3.05, 3.63) is 48.2 Å². The molecule has 1 aromatic carbocycles. The minimum absolute atomic E-state index is 0.132. The van der Waals surface area contributed by atoms with Crippen LogP contribution in [0.25, 0.3) is 22.6 Å². The van der Waals surface area contributed by atoms with Crippen molar-refractivity contribution in [3.8, 4) is 28.7 Å². The number of nitrogens with one attached hydrogen (secondary N) is 2. The lowest BCUT2D eigenvalue weighted by Gasteiger charge is -2.35. The normalized spacial score (nSPS) is 19.5. The molecule has 1 fully saturated rings. The van der Waals surface area contributed by atoms with Crippen molar-refractivity contribution in [2.45, 2.75) is 13.2 Å². The number of aromatic nitrogens is 4. The molecule has 0 unspecified atom stereocenters. The molecule has 0 spiro atoms. The number of methoxy groups -OCH3 is 1. The maximum atomic E-state index is 13.6. The van der Waals surface area contributed by atoms with Crippen LogP contribution in [-0.4, -0.2) is 91.5 Å². The van der Waals surface area contributed by atoms with E-state index in [2.05, 4.69) is 20.3 Å². The Labute approximate surface area is 220 Å². The standard InChI is InChI=1S/C26H33FN6O5/c1-26(24(34)28-11-12-33(2)3)15-37-23(38-16-26)22-31-20(17-5-7-18(27)8-6-17)21(32-22)19-9-10-29-25(30-19)36-14-13-35-4/h5-10,23H,11-16H2,1-4H3,(H,28,34)(H,31,32). The molecule has 0 aliphatic carbocycles. The van der Waals surface area contributed by atoms with E-state index in [9.17, 15) is 9.18 Å². The molecule has 38 heavy (non-hydrogen) atoms. The Kier molecular flexibility index (Phi) is 9.00. The molecule has 4 rings (SSSR count). The van der Waals surface area contributed by atoms with Gasteiger partial charge in [-0.05, 0) is 51.4 Å². The fourth-order valence-corrected chi connectivity index (χ4v) is 3.78. The number of hydrogen-bond donors (Lipinski definition) is 2. The Balaban J connectivity index is 1.56. The molecule has 2 aromatic heterocycles. The first-order valence-electron chi connectivity index (χ1n) is 12.3. The number of halogens is 1. The van der Waals surface area contributed by atoms with Crippen LogP contribution in [0.4, 0.5) is 4.39 Å². The number of hydrogen-bond acceptors (Lipinski definition) is 9. The van der Waals surface area contributed by atoms with Gasteiger partial charge in [0.15, 0.2) is 5.82 Å². The maximum Gasteiger partial charge on any atom is 0.317 e. The second-order valence-electron chi connectivity index (χ2n) is 9.49. The second-order valence-corrected chi connectivity index (χ2v) is 9.49. The zero-order valence-electron chi connectivity index (χ0n) is 22.0. The van der Waals surface area contributed by atoms with Gasteiger partial charge in [-0.15, -0.1) is 0 Å². The Morgan fingerprint density at radius 2 is 1.92 bits per heavy atom. The summed E-state index contributed by atoms with van der Waals surface area (Å²) in [6.07, 6.45) is 0.748. The largest absolute Gasteiger partial charge is 0.461 e. The zero-order chi connectivity index (χ0) is 27.1. The number of likely N-dealkylation sites (N-methyl/N-ethyl adjacent to an activating group) is 1. The molecule has 2 N–H and O–H groups in total. The van der Waals surface area contributed by atoms with Gasteiger partial charge in [-0.3, -0.25) is 4.79 Å². The van der Waals surface area contributed by atoms with Gasteiger partial charge < -0.3 is 34.1 Å². The minimum Gasteiger partial charge on any atom is -0.461 e. The Morgan fingerprint density at radius 3 is 2.61 bits per heavy atom. The summed E-state index contributed by atoms with van der Waals surface area (Å²) >= 11 is 0. The third-order valence-electron chi connectivity index (χ3n) is 5.97. The van der Waals surface area contributed by atoms with Gasteiger partial charge in [0, 0.05) is 32.0 Å². The molecule has 0 bridgehead atoms. The molecular formula is C26H33FN6O5. The minimum atomic E-state index is -0.834. The number of rotatable bonds is 11. The van der Waals surface area contributed by atoms with Crippen LogP contribution in [0.1, 0.15) is 19.0 Å². The molecule has 204 valence electrons. The molecule has 1 amide bonds. The van der Waals surface area contributed by atoms with E-state index in [1.54, 1.807) is 38.4 Å². The highest BCUT2D eigenvalue weighted by Crippen LogP contribution is 2.35. The molecule has 3 heterocycles. The van der Waals surface area contributed by atoms with E-state index >= 15 is 0 Å². The van der Waals surface area contributed by atoms with E-state index in [-0.39, 0.29) is 30.9 Å². The van der Waals surface area contributed by atoms with Crippen LogP contribution in [0.3, 0.4) is 0 Å². The van der Waals surface area contributed by atoms with Crippen LogP contribution in [-0.2, 0) is 19.0 Å². The number of ether oxygens (including phenoxy) is 4. The quantitative estimate of drug-likeness (QED) is 0.361. The van der Waals surface area contributed by atoms with Crippen LogP contribution < -0.4 is 10.1 Å². The van der Waals surface area contributed by atoms with Crippen LogP contribution in [0.5, 0.6) is 6.01 Å². The number of aromatic amines is 1. The van der Waals surface area contributed by atoms with Gasteiger partial charge in [0.05, 0.1) is 42.3 Å². The molecule has 0 atom stereocenters. The molecule has 0 radical (unpaired) electrons. The molecule has 1 aliphatic rings. The smallest absolute Gasteiger partial charge is 0.317 e. The summed E-state index contributed by atoms with van der Waals surface area (Å²) in [5.74, 6) is -0.0919. The second kappa shape index (κ2) is 12.4. The van der Waals surface area contributed by atoms with Crippen LogP contribution in [0, 0.1) is 11.2 Å². The van der Waals surface area contributed by atoms with Gasteiger partial charge in [0.1, 0.15) is 12.4 Å². The first-order valence-corrected chi connectivity index (χ1v) is 12.3.